The summed E-state index contributed by atoms with van der Waals surface area (Å²) in [5.74, 6) is 1.33. The quantitative estimate of drug-likeness (QED) is 0.875. The second-order valence-electron chi connectivity index (χ2n) is 5.45. The Morgan fingerprint density at radius 3 is 2.94 bits per heavy atom. The van der Waals surface area contributed by atoms with Crippen LogP contribution in [0.25, 0.3) is 0 Å². The number of hydrogen-bond acceptors (Lipinski definition) is 3. The van der Waals surface area contributed by atoms with Crippen molar-refractivity contribution in [2.75, 3.05) is 19.7 Å². The zero-order chi connectivity index (χ0) is 13.1. The van der Waals surface area contributed by atoms with Crippen LogP contribution in [0.1, 0.15) is 36.1 Å². The third-order valence-corrected chi connectivity index (χ3v) is 5.53. The molecular formula is C14H22BrNOS. The Kier molecular flexibility index (Phi) is 5.24. The van der Waals surface area contributed by atoms with E-state index in [9.17, 15) is 0 Å². The van der Waals surface area contributed by atoms with E-state index in [1.165, 1.54) is 20.6 Å². The average molecular weight is 332 g/mol. The van der Waals surface area contributed by atoms with E-state index in [1.54, 1.807) is 0 Å². The van der Waals surface area contributed by atoms with Crippen LogP contribution in [0.5, 0.6) is 0 Å². The van der Waals surface area contributed by atoms with Gasteiger partial charge in [0.15, 0.2) is 0 Å². The first kappa shape index (κ1) is 14.5. The van der Waals surface area contributed by atoms with Crippen LogP contribution in [0.15, 0.2) is 10.5 Å². The summed E-state index contributed by atoms with van der Waals surface area (Å²) in [6.07, 6.45) is 1.46. The molecule has 1 aliphatic heterocycles. The largest absolute Gasteiger partial charge is 0.372 e. The van der Waals surface area contributed by atoms with E-state index in [-0.39, 0.29) is 0 Å². The molecule has 2 heterocycles. The van der Waals surface area contributed by atoms with Crippen LogP contribution in [-0.2, 0) is 4.74 Å². The first-order valence-corrected chi connectivity index (χ1v) is 8.27. The third kappa shape index (κ3) is 3.56. The molecule has 1 fully saturated rings. The summed E-state index contributed by atoms with van der Waals surface area (Å²) < 4.78 is 7.14. The molecule has 2 atom stereocenters. The first-order chi connectivity index (χ1) is 8.58. The van der Waals surface area contributed by atoms with Crippen LogP contribution >= 0.6 is 27.3 Å². The maximum Gasteiger partial charge on any atom is 0.0958 e. The zero-order valence-electron chi connectivity index (χ0n) is 11.3. The van der Waals surface area contributed by atoms with Crippen molar-refractivity contribution in [3.05, 3.63) is 20.3 Å². The van der Waals surface area contributed by atoms with E-state index < -0.39 is 0 Å². The van der Waals surface area contributed by atoms with Crippen molar-refractivity contribution >= 4 is 27.3 Å². The SMILES string of the molecule is Cc1sc(C2OCCC2CNCC(C)C)cc1Br. The number of ether oxygens (including phenoxy) is 1. The minimum atomic E-state index is 0.291. The molecule has 0 aliphatic carbocycles. The van der Waals surface area contributed by atoms with Gasteiger partial charge in [-0.15, -0.1) is 11.3 Å². The van der Waals surface area contributed by atoms with Gasteiger partial charge in [-0.2, -0.15) is 0 Å². The predicted octanol–water partition coefficient (Wildman–Crippen LogP) is 4.14. The van der Waals surface area contributed by atoms with Crippen LogP contribution in [0, 0.1) is 18.8 Å². The highest BCUT2D eigenvalue weighted by molar-refractivity contribution is 9.10. The van der Waals surface area contributed by atoms with Crippen LogP contribution in [0.2, 0.25) is 0 Å². The number of hydrogen-bond donors (Lipinski definition) is 1. The normalized spacial score (nSPS) is 24.1. The number of aryl methyl sites for hydroxylation is 1. The Morgan fingerprint density at radius 1 is 1.56 bits per heavy atom. The second-order valence-corrected chi connectivity index (χ2v) is 7.59. The fourth-order valence-electron chi connectivity index (χ4n) is 2.34. The van der Waals surface area contributed by atoms with Gasteiger partial charge in [0.1, 0.15) is 0 Å². The smallest absolute Gasteiger partial charge is 0.0958 e. The molecule has 1 aromatic rings. The molecular weight excluding hydrogens is 310 g/mol. The van der Waals surface area contributed by atoms with Gasteiger partial charge in [0.25, 0.3) is 0 Å². The van der Waals surface area contributed by atoms with Crippen molar-refractivity contribution in [2.24, 2.45) is 11.8 Å². The summed E-state index contributed by atoms with van der Waals surface area (Å²) in [6.45, 7) is 9.70. The van der Waals surface area contributed by atoms with Gasteiger partial charge in [0, 0.05) is 33.3 Å². The molecule has 18 heavy (non-hydrogen) atoms. The Balaban J connectivity index is 1.94. The lowest BCUT2D eigenvalue weighted by Gasteiger charge is -2.18. The van der Waals surface area contributed by atoms with Crippen molar-refractivity contribution in [1.82, 2.24) is 5.32 Å². The van der Waals surface area contributed by atoms with Crippen molar-refractivity contribution < 1.29 is 4.74 Å². The van der Waals surface area contributed by atoms with Crippen molar-refractivity contribution in [3.8, 4) is 0 Å². The Labute approximate surface area is 122 Å². The van der Waals surface area contributed by atoms with Gasteiger partial charge in [-0.1, -0.05) is 13.8 Å². The van der Waals surface area contributed by atoms with Crippen LogP contribution in [0.4, 0.5) is 0 Å². The van der Waals surface area contributed by atoms with Gasteiger partial charge >= 0.3 is 0 Å². The molecule has 2 nitrogen and oxygen atoms in total. The first-order valence-electron chi connectivity index (χ1n) is 6.66. The molecule has 1 N–H and O–H groups in total. The van der Waals surface area contributed by atoms with E-state index in [4.69, 9.17) is 4.74 Å². The van der Waals surface area contributed by atoms with Crippen molar-refractivity contribution in [3.63, 3.8) is 0 Å². The summed E-state index contributed by atoms with van der Waals surface area (Å²) in [5.41, 5.74) is 0. The van der Waals surface area contributed by atoms with Crippen molar-refractivity contribution in [1.29, 1.82) is 0 Å². The van der Waals surface area contributed by atoms with Crippen LogP contribution < -0.4 is 5.32 Å². The monoisotopic (exact) mass is 331 g/mol. The Hall–Kier alpha value is 0.100. The summed E-state index contributed by atoms with van der Waals surface area (Å²) in [5, 5.41) is 3.56. The standard InChI is InChI=1S/C14H22BrNOS/c1-9(2)7-16-8-11-4-5-17-14(11)13-6-12(15)10(3)18-13/h6,9,11,14,16H,4-5,7-8H2,1-3H3. The molecule has 2 rings (SSSR count). The highest BCUT2D eigenvalue weighted by Crippen LogP contribution is 2.40. The fourth-order valence-corrected chi connectivity index (χ4v) is 4.04. The van der Waals surface area contributed by atoms with Crippen LogP contribution in [-0.4, -0.2) is 19.7 Å². The minimum absolute atomic E-state index is 0.291. The lowest BCUT2D eigenvalue weighted by molar-refractivity contribution is 0.0932. The summed E-state index contributed by atoms with van der Waals surface area (Å²) in [4.78, 5) is 2.71. The molecule has 1 aromatic heterocycles. The maximum atomic E-state index is 5.93. The maximum absolute atomic E-state index is 5.93. The molecule has 0 radical (unpaired) electrons. The number of thiophene rings is 1. The van der Waals surface area contributed by atoms with E-state index in [1.807, 2.05) is 11.3 Å². The predicted molar refractivity (Wildman–Crippen MR) is 81.3 cm³/mol. The Morgan fingerprint density at radius 2 is 2.33 bits per heavy atom. The Bertz CT molecular complexity index is 372. The summed E-state index contributed by atoms with van der Waals surface area (Å²) in [7, 11) is 0. The topological polar surface area (TPSA) is 21.3 Å². The highest BCUT2D eigenvalue weighted by atomic mass is 79.9. The molecule has 102 valence electrons. The number of rotatable bonds is 5. The van der Waals surface area contributed by atoms with Gasteiger partial charge in [-0.05, 0) is 47.8 Å². The summed E-state index contributed by atoms with van der Waals surface area (Å²) >= 11 is 5.45. The minimum Gasteiger partial charge on any atom is -0.372 e. The van der Waals surface area contributed by atoms with Gasteiger partial charge in [0.2, 0.25) is 0 Å². The zero-order valence-corrected chi connectivity index (χ0v) is 13.7. The van der Waals surface area contributed by atoms with Gasteiger partial charge in [-0.3, -0.25) is 0 Å². The number of halogens is 1. The molecule has 2 unspecified atom stereocenters. The molecule has 0 saturated carbocycles. The summed E-state index contributed by atoms with van der Waals surface area (Å²) in [6, 6.07) is 2.23. The molecule has 0 aromatic carbocycles. The van der Waals surface area contributed by atoms with E-state index in [0.717, 1.165) is 19.7 Å². The second kappa shape index (κ2) is 6.51. The number of nitrogens with one attached hydrogen (secondary N) is 1. The molecule has 0 spiro atoms. The van der Waals surface area contributed by atoms with E-state index in [0.29, 0.717) is 17.9 Å². The van der Waals surface area contributed by atoms with Gasteiger partial charge < -0.3 is 10.1 Å². The molecule has 1 saturated heterocycles. The molecule has 0 amide bonds. The fraction of sp³-hybridized carbons (Fsp3) is 0.714. The lowest BCUT2D eigenvalue weighted by Crippen LogP contribution is -2.27. The van der Waals surface area contributed by atoms with Gasteiger partial charge in [0.05, 0.1) is 6.10 Å². The molecule has 0 bridgehead atoms. The van der Waals surface area contributed by atoms with E-state index >= 15 is 0 Å². The highest BCUT2D eigenvalue weighted by Gasteiger charge is 2.30. The molecule has 1 aliphatic rings. The lowest BCUT2D eigenvalue weighted by atomic mass is 10.00. The van der Waals surface area contributed by atoms with Crippen LogP contribution in [0.3, 0.4) is 0 Å². The van der Waals surface area contributed by atoms with Gasteiger partial charge in [-0.25, -0.2) is 0 Å². The van der Waals surface area contributed by atoms with Crippen molar-refractivity contribution in [2.45, 2.75) is 33.3 Å². The average Bonchev–Trinajstić information content (AvgIpc) is 2.86. The molecule has 4 heteroatoms. The van der Waals surface area contributed by atoms with E-state index in [2.05, 4.69) is 48.1 Å². The third-order valence-electron chi connectivity index (χ3n) is 3.33.